The summed E-state index contributed by atoms with van der Waals surface area (Å²) >= 11 is 1.47. The molecule has 0 bridgehead atoms. The Kier molecular flexibility index (Phi) is 5.75. The number of para-hydroxylation sites is 1. The normalized spacial score (nSPS) is 11.6. The third kappa shape index (κ3) is 4.63. The highest BCUT2D eigenvalue weighted by Crippen LogP contribution is 2.29. The molecule has 1 aromatic carbocycles. The molecule has 0 fully saturated rings. The fraction of sp³-hybridized carbons (Fsp3) is 0.381. The number of carbonyl (C=O) groups excluding carboxylic acids is 1. The zero-order valence-electron chi connectivity index (χ0n) is 16.2. The molecule has 27 heavy (non-hydrogen) atoms. The van der Waals surface area contributed by atoms with Crippen LogP contribution in [0.3, 0.4) is 0 Å². The van der Waals surface area contributed by atoms with Crippen LogP contribution in [0.2, 0.25) is 0 Å². The highest BCUT2D eigenvalue weighted by molar-refractivity contribution is 7.14. The number of pyridine rings is 1. The maximum atomic E-state index is 12.4. The van der Waals surface area contributed by atoms with E-state index in [1.807, 2.05) is 37.3 Å². The predicted molar refractivity (Wildman–Crippen MR) is 110 cm³/mol. The van der Waals surface area contributed by atoms with E-state index in [0.29, 0.717) is 18.0 Å². The van der Waals surface area contributed by atoms with E-state index < -0.39 is 0 Å². The van der Waals surface area contributed by atoms with Crippen molar-refractivity contribution in [2.75, 3.05) is 13.2 Å². The van der Waals surface area contributed by atoms with Crippen LogP contribution in [0.15, 0.2) is 36.5 Å². The molecule has 0 spiro atoms. The van der Waals surface area contributed by atoms with Gasteiger partial charge in [0.05, 0.1) is 17.3 Å². The van der Waals surface area contributed by atoms with Gasteiger partial charge < -0.3 is 10.1 Å². The van der Waals surface area contributed by atoms with Gasteiger partial charge in [-0.15, -0.1) is 11.3 Å². The van der Waals surface area contributed by atoms with E-state index in [1.165, 1.54) is 11.3 Å². The summed E-state index contributed by atoms with van der Waals surface area (Å²) in [6.45, 7) is 9.27. The lowest BCUT2D eigenvalue weighted by atomic mass is 9.98. The van der Waals surface area contributed by atoms with Gasteiger partial charge in [0.1, 0.15) is 16.1 Å². The lowest BCUT2D eigenvalue weighted by Gasteiger charge is -2.13. The molecule has 2 heterocycles. The molecule has 0 aliphatic heterocycles. The maximum absolute atomic E-state index is 12.4. The number of hydrogen-bond donors (Lipinski definition) is 1. The maximum Gasteiger partial charge on any atom is 0.263 e. The summed E-state index contributed by atoms with van der Waals surface area (Å²) in [6, 6.07) is 9.81. The quantitative estimate of drug-likeness (QED) is 0.637. The highest BCUT2D eigenvalue weighted by Gasteiger charge is 2.22. The van der Waals surface area contributed by atoms with Crippen LogP contribution in [0.1, 0.15) is 47.6 Å². The van der Waals surface area contributed by atoms with Crippen LogP contribution in [0.5, 0.6) is 5.75 Å². The molecular formula is C21H25N3O2S. The Bertz CT molecular complexity index is 939. The summed E-state index contributed by atoms with van der Waals surface area (Å²) in [6.07, 6.45) is 2.48. The highest BCUT2D eigenvalue weighted by atomic mass is 32.1. The molecule has 142 valence electrons. The fourth-order valence-corrected chi connectivity index (χ4v) is 3.70. The first-order valence-electron chi connectivity index (χ1n) is 9.09. The van der Waals surface area contributed by atoms with E-state index in [1.54, 1.807) is 6.20 Å². The van der Waals surface area contributed by atoms with Crippen LogP contribution < -0.4 is 10.1 Å². The number of benzene rings is 1. The van der Waals surface area contributed by atoms with E-state index in [9.17, 15) is 4.79 Å². The lowest BCUT2D eigenvalue weighted by molar-refractivity contribution is 0.0955. The first kappa shape index (κ1) is 19.3. The molecule has 0 saturated carbocycles. The van der Waals surface area contributed by atoms with Crippen molar-refractivity contribution in [2.24, 2.45) is 0 Å². The van der Waals surface area contributed by atoms with Gasteiger partial charge in [0.25, 0.3) is 5.91 Å². The van der Waals surface area contributed by atoms with Crippen LogP contribution in [0, 0.1) is 6.92 Å². The van der Waals surface area contributed by atoms with Gasteiger partial charge in [-0.1, -0.05) is 39.0 Å². The van der Waals surface area contributed by atoms with Gasteiger partial charge in [-0.25, -0.2) is 4.98 Å². The second-order valence-electron chi connectivity index (χ2n) is 7.47. The Labute approximate surface area is 163 Å². The SMILES string of the molecule is Cc1nc(C(C)(C)C)sc1C(=O)NCCCOc1cccc2cccnc12. The van der Waals surface area contributed by atoms with E-state index >= 15 is 0 Å². The number of rotatable bonds is 6. The van der Waals surface area contributed by atoms with Gasteiger partial charge >= 0.3 is 0 Å². The molecule has 0 unspecified atom stereocenters. The number of amides is 1. The largest absolute Gasteiger partial charge is 0.491 e. The standard InChI is InChI=1S/C21H25N3O2S/c1-14-18(27-20(24-14)21(2,3)4)19(25)23-12-7-13-26-16-10-5-8-15-9-6-11-22-17(15)16/h5-6,8-11H,7,12-13H2,1-4H3,(H,23,25). The van der Waals surface area contributed by atoms with Gasteiger partial charge in [0, 0.05) is 23.5 Å². The monoisotopic (exact) mass is 383 g/mol. The Morgan fingerprint density at radius 3 is 2.74 bits per heavy atom. The van der Waals surface area contributed by atoms with Crippen molar-refractivity contribution < 1.29 is 9.53 Å². The summed E-state index contributed by atoms with van der Waals surface area (Å²) < 4.78 is 5.86. The minimum Gasteiger partial charge on any atom is -0.491 e. The smallest absolute Gasteiger partial charge is 0.263 e. The average Bonchev–Trinajstić information content (AvgIpc) is 3.03. The number of aryl methyl sites for hydroxylation is 1. The number of aromatic nitrogens is 2. The van der Waals surface area contributed by atoms with Gasteiger partial charge in [0.2, 0.25) is 0 Å². The average molecular weight is 384 g/mol. The molecule has 1 N–H and O–H groups in total. The molecule has 3 rings (SSSR count). The van der Waals surface area contributed by atoms with E-state index in [4.69, 9.17) is 4.74 Å². The molecule has 2 aromatic heterocycles. The minimum absolute atomic E-state index is 0.0473. The molecule has 5 nitrogen and oxygen atoms in total. The molecule has 0 atom stereocenters. The first-order valence-corrected chi connectivity index (χ1v) is 9.90. The van der Waals surface area contributed by atoms with Gasteiger partial charge in [-0.2, -0.15) is 0 Å². The lowest BCUT2D eigenvalue weighted by Crippen LogP contribution is -2.25. The third-order valence-corrected chi connectivity index (χ3v) is 5.69. The number of nitrogens with zero attached hydrogens (tertiary/aromatic N) is 2. The van der Waals surface area contributed by atoms with Crippen LogP contribution in [0.25, 0.3) is 10.9 Å². The number of hydrogen-bond acceptors (Lipinski definition) is 5. The second-order valence-corrected chi connectivity index (χ2v) is 8.47. The summed E-state index contributed by atoms with van der Waals surface area (Å²) in [7, 11) is 0. The van der Waals surface area contributed by atoms with Crippen molar-refractivity contribution in [3.8, 4) is 5.75 Å². The first-order chi connectivity index (χ1) is 12.9. The minimum atomic E-state index is -0.0627. The molecule has 0 aliphatic carbocycles. The topological polar surface area (TPSA) is 64.1 Å². The van der Waals surface area contributed by atoms with Crippen molar-refractivity contribution in [3.63, 3.8) is 0 Å². The number of carbonyl (C=O) groups is 1. The van der Waals surface area contributed by atoms with Crippen molar-refractivity contribution in [1.29, 1.82) is 0 Å². The third-order valence-electron chi connectivity index (χ3n) is 4.10. The molecule has 0 saturated heterocycles. The Morgan fingerprint density at radius 2 is 2.00 bits per heavy atom. The van der Waals surface area contributed by atoms with Crippen LogP contribution in [-0.2, 0) is 5.41 Å². The van der Waals surface area contributed by atoms with Crippen molar-refractivity contribution >= 4 is 28.1 Å². The summed E-state index contributed by atoms with van der Waals surface area (Å²) in [5.74, 6) is 0.708. The van der Waals surface area contributed by atoms with Crippen molar-refractivity contribution in [3.05, 3.63) is 52.1 Å². The summed E-state index contributed by atoms with van der Waals surface area (Å²) in [5, 5.41) is 5.00. The van der Waals surface area contributed by atoms with Gasteiger partial charge in [0.15, 0.2) is 0 Å². The Balaban J connectivity index is 1.50. The zero-order chi connectivity index (χ0) is 19.4. The number of thiazole rings is 1. The predicted octanol–water partition coefficient (Wildman–Crippen LogP) is 4.50. The van der Waals surface area contributed by atoms with E-state index in [2.05, 4.69) is 36.1 Å². The van der Waals surface area contributed by atoms with Crippen LogP contribution in [0.4, 0.5) is 0 Å². The van der Waals surface area contributed by atoms with Gasteiger partial charge in [-0.05, 0) is 25.5 Å². The van der Waals surface area contributed by atoms with E-state index in [0.717, 1.165) is 33.8 Å². The Hall–Kier alpha value is -2.47. The molecule has 6 heteroatoms. The van der Waals surface area contributed by atoms with Gasteiger partial charge in [-0.3, -0.25) is 9.78 Å². The molecule has 1 amide bonds. The van der Waals surface area contributed by atoms with Crippen molar-refractivity contribution in [1.82, 2.24) is 15.3 Å². The van der Waals surface area contributed by atoms with Crippen LogP contribution >= 0.6 is 11.3 Å². The number of ether oxygens (including phenoxy) is 1. The number of fused-ring (bicyclic) bond motifs is 1. The molecule has 3 aromatic rings. The molecular weight excluding hydrogens is 358 g/mol. The Morgan fingerprint density at radius 1 is 1.22 bits per heavy atom. The molecule has 0 radical (unpaired) electrons. The van der Waals surface area contributed by atoms with Crippen LogP contribution in [-0.4, -0.2) is 29.0 Å². The fourth-order valence-electron chi connectivity index (χ4n) is 2.66. The second kappa shape index (κ2) is 8.05. The summed E-state index contributed by atoms with van der Waals surface area (Å²) in [4.78, 5) is 22.0. The summed E-state index contributed by atoms with van der Waals surface area (Å²) in [5.41, 5.74) is 1.61. The zero-order valence-corrected chi connectivity index (χ0v) is 17.0. The van der Waals surface area contributed by atoms with Crippen molar-refractivity contribution in [2.45, 2.75) is 39.5 Å². The van der Waals surface area contributed by atoms with E-state index in [-0.39, 0.29) is 11.3 Å². The molecule has 0 aliphatic rings. The number of nitrogens with one attached hydrogen (secondary N) is 1.